The molecule has 3 heteroatoms. The van der Waals surface area contributed by atoms with Crippen molar-refractivity contribution in [2.45, 2.75) is 6.92 Å². The Morgan fingerprint density at radius 3 is 2.92 bits per heavy atom. The first-order chi connectivity index (χ1) is 5.68. The topological polar surface area (TPSA) is 26.0 Å². The first-order valence-electron chi connectivity index (χ1n) is 3.61. The van der Waals surface area contributed by atoms with E-state index in [-0.39, 0.29) is 0 Å². The highest BCUT2D eigenvalue weighted by Crippen LogP contribution is 2.33. The van der Waals surface area contributed by atoms with E-state index in [1.807, 2.05) is 12.1 Å². The third-order valence-corrected chi connectivity index (χ3v) is 3.51. The zero-order valence-electron chi connectivity index (χ0n) is 6.60. The van der Waals surface area contributed by atoms with Gasteiger partial charge in [-0.2, -0.15) is 0 Å². The van der Waals surface area contributed by atoms with Crippen molar-refractivity contribution < 1.29 is 0 Å². The Morgan fingerprint density at radius 2 is 2.17 bits per heavy atom. The lowest BCUT2D eigenvalue weighted by Crippen LogP contribution is -1.83. The number of thiophene rings is 1. The van der Waals surface area contributed by atoms with Crippen molar-refractivity contribution in [1.82, 2.24) is 0 Å². The molecule has 0 atom stereocenters. The highest BCUT2D eigenvalue weighted by atomic mass is 79.9. The van der Waals surface area contributed by atoms with Gasteiger partial charge in [0.2, 0.25) is 0 Å². The van der Waals surface area contributed by atoms with Crippen LogP contribution in [0.5, 0.6) is 0 Å². The predicted molar refractivity (Wildman–Crippen MR) is 58.7 cm³/mol. The van der Waals surface area contributed by atoms with Gasteiger partial charge in [0, 0.05) is 20.2 Å². The number of hydrogen-bond donors (Lipinski definition) is 1. The third-order valence-electron chi connectivity index (χ3n) is 1.83. The first kappa shape index (κ1) is 8.08. The molecule has 1 nitrogen and oxygen atoms in total. The van der Waals surface area contributed by atoms with Crippen LogP contribution in [0.15, 0.2) is 22.0 Å². The maximum Gasteiger partial charge on any atom is 0.0377 e. The molecule has 0 unspecified atom stereocenters. The van der Waals surface area contributed by atoms with Crippen LogP contribution in [0.4, 0.5) is 5.69 Å². The van der Waals surface area contributed by atoms with E-state index in [0.717, 1.165) is 10.2 Å². The first-order valence-corrected chi connectivity index (χ1v) is 5.28. The lowest BCUT2D eigenvalue weighted by atomic mass is 10.2. The number of halogens is 1. The van der Waals surface area contributed by atoms with E-state index >= 15 is 0 Å². The zero-order chi connectivity index (χ0) is 8.72. The Labute approximate surface area is 83.3 Å². The summed E-state index contributed by atoms with van der Waals surface area (Å²) in [6, 6.07) is 3.96. The second kappa shape index (κ2) is 2.75. The molecule has 0 aliphatic heterocycles. The number of rotatable bonds is 0. The van der Waals surface area contributed by atoms with Crippen molar-refractivity contribution in [1.29, 1.82) is 0 Å². The van der Waals surface area contributed by atoms with Crippen molar-refractivity contribution >= 4 is 43.0 Å². The molecule has 0 saturated carbocycles. The molecule has 0 spiro atoms. The van der Waals surface area contributed by atoms with E-state index in [1.165, 1.54) is 15.6 Å². The molecule has 0 aliphatic carbocycles. The van der Waals surface area contributed by atoms with Gasteiger partial charge in [0.1, 0.15) is 0 Å². The Bertz CT molecular complexity index is 433. The number of nitrogens with two attached hydrogens (primary N) is 1. The molecule has 0 saturated heterocycles. The number of nitrogen functional groups attached to an aromatic ring is 1. The number of benzene rings is 1. The molecule has 2 rings (SSSR count). The predicted octanol–water partition coefficient (Wildman–Crippen LogP) is 3.55. The molecule has 0 aliphatic rings. The molecule has 0 fully saturated rings. The lowest BCUT2D eigenvalue weighted by Gasteiger charge is -1.98. The SMILES string of the molecule is Cc1csc2cc(N)cc(Br)c12. The van der Waals surface area contributed by atoms with Gasteiger partial charge in [-0.3, -0.25) is 0 Å². The average Bonchev–Trinajstić information content (AvgIpc) is 2.31. The number of hydrogen-bond acceptors (Lipinski definition) is 2. The minimum atomic E-state index is 0.816. The second-order valence-corrected chi connectivity index (χ2v) is 4.56. The van der Waals surface area contributed by atoms with Gasteiger partial charge in [-0.15, -0.1) is 11.3 Å². The van der Waals surface area contributed by atoms with Crippen LogP contribution in [0.1, 0.15) is 5.56 Å². The van der Waals surface area contributed by atoms with Crippen LogP contribution in [-0.2, 0) is 0 Å². The second-order valence-electron chi connectivity index (χ2n) is 2.79. The standard InChI is InChI=1S/C9H8BrNS/c1-5-4-12-8-3-6(11)2-7(10)9(5)8/h2-4H,11H2,1H3. The zero-order valence-corrected chi connectivity index (χ0v) is 9.00. The van der Waals surface area contributed by atoms with E-state index in [2.05, 4.69) is 28.2 Å². The van der Waals surface area contributed by atoms with E-state index in [9.17, 15) is 0 Å². The van der Waals surface area contributed by atoms with Crippen molar-refractivity contribution in [3.63, 3.8) is 0 Å². The van der Waals surface area contributed by atoms with E-state index < -0.39 is 0 Å². The number of anilines is 1. The number of aryl methyl sites for hydroxylation is 1. The summed E-state index contributed by atoms with van der Waals surface area (Å²) in [7, 11) is 0. The summed E-state index contributed by atoms with van der Waals surface area (Å²) in [5, 5.41) is 3.43. The maximum atomic E-state index is 5.71. The lowest BCUT2D eigenvalue weighted by molar-refractivity contribution is 1.58. The fourth-order valence-corrected chi connectivity index (χ4v) is 3.22. The Kier molecular flexibility index (Phi) is 1.85. The van der Waals surface area contributed by atoms with Gasteiger partial charge in [-0.25, -0.2) is 0 Å². The van der Waals surface area contributed by atoms with Gasteiger partial charge in [0.25, 0.3) is 0 Å². The molecular formula is C9H8BrNS. The molecule has 0 bridgehead atoms. The molecule has 0 amide bonds. The van der Waals surface area contributed by atoms with Crippen molar-refractivity contribution in [3.05, 3.63) is 27.5 Å². The smallest absolute Gasteiger partial charge is 0.0377 e. The summed E-state index contributed by atoms with van der Waals surface area (Å²) in [6.45, 7) is 2.11. The van der Waals surface area contributed by atoms with Crippen LogP contribution < -0.4 is 5.73 Å². The van der Waals surface area contributed by atoms with E-state index in [1.54, 1.807) is 11.3 Å². The van der Waals surface area contributed by atoms with Gasteiger partial charge >= 0.3 is 0 Å². The summed E-state index contributed by atoms with van der Waals surface area (Å²) in [4.78, 5) is 0. The maximum absolute atomic E-state index is 5.71. The Hall–Kier alpha value is -0.540. The monoisotopic (exact) mass is 241 g/mol. The van der Waals surface area contributed by atoms with Crippen molar-refractivity contribution in [2.24, 2.45) is 0 Å². The fraction of sp³-hybridized carbons (Fsp3) is 0.111. The molecule has 1 aromatic heterocycles. The van der Waals surface area contributed by atoms with Crippen molar-refractivity contribution in [2.75, 3.05) is 5.73 Å². The number of fused-ring (bicyclic) bond motifs is 1. The third kappa shape index (κ3) is 1.13. The minimum Gasteiger partial charge on any atom is -0.399 e. The molecule has 2 N–H and O–H groups in total. The van der Waals surface area contributed by atoms with Crippen molar-refractivity contribution in [3.8, 4) is 0 Å². The highest BCUT2D eigenvalue weighted by molar-refractivity contribution is 9.10. The quantitative estimate of drug-likeness (QED) is 0.702. The van der Waals surface area contributed by atoms with Gasteiger partial charge < -0.3 is 5.73 Å². The minimum absolute atomic E-state index is 0.816. The largest absolute Gasteiger partial charge is 0.399 e. The molecule has 1 aromatic carbocycles. The highest BCUT2D eigenvalue weighted by Gasteiger charge is 2.04. The van der Waals surface area contributed by atoms with Crippen LogP contribution in [0.2, 0.25) is 0 Å². The van der Waals surface area contributed by atoms with Gasteiger partial charge in [0.15, 0.2) is 0 Å². The Morgan fingerprint density at radius 1 is 1.42 bits per heavy atom. The van der Waals surface area contributed by atoms with Crippen LogP contribution in [0.25, 0.3) is 10.1 Å². The van der Waals surface area contributed by atoms with E-state index in [0.29, 0.717) is 0 Å². The molecular weight excluding hydrogens is 234 g/mol. The Balaban J connectivity index is 2.93. The average molecular weight is 242 g/mol. The normalized spacial score (nSPS) is 10.8. The summed E-state index contributed by atoms with van der Waals surface area (Å²) < 4.78 is 2.34. The summed E-state index contributed by atoms with van der Waals surface area (Å²) in [5.41, 5.74) is 7.83. The molecule has 2 aromatic rings. The van der Waals surface area contributed by atoms with Gasteiger partial charge in [-0.05, 0) is 30.0 Å². The summed E-state index contributed by atoms with van der Waals surface area (Å²) in [6.07, 6.45) is 0. The molecule has 0 radical (unpaired) electrons. The van der Waals surface area contributed by atoms with E-state index in [4.69, 9.17) is 5.73 Å². The summed E-state index contributed by atoms with van der Waals surface area (Å²) in [5.74, 6) is 0. The van der Waals surface area contributed by atoms with Crippen LogP contribution in [-0.4, -0.2) is 0 Å². The fourth-order valence-electron chi connectivity index (χ4n) is 1.29. The summed E-state index contributed by atoms with van der Waals surface area (Å²) >= 11 is 5.24. The van der Waals surface area contributed by atoms with Gasteiger partial charge in [0.05, 0.1) is 0 Å². The molecule has 12 heavy (non-hydrogen) atoms. The van der Waals surface area contributed by atoms with Crippen LogP contribution >= 0.6 is 27.3 Å². The molecule has 62 valence electrons. The molecule has 1 heterocycles. The van der Waals surface area contributed by atoms with Gasteiger partial charge in [-0.1, -0.05) is 15.9 Å². The van der Waals surface area contributed by atoms with Crippen LogP contribution in [0.3, 0.4) is 0 Å². The van der Waals surface area contributed by atoms with Crippen LogP contribution in [0, 0.1) is 6.92 Å².